The van der Waals surface area contributed by atoms with Gasteiger partial charge in [-0.3, -0.25) is 0 Å². The monoisotopic (exact) mass is 298 g/mol. The van der Waals surface area contributed by atoms with E-state index in [0.29, 0.717) is 0 Å². The van der Waals surface area contributed by atoms with Gasteiger partial charge in [-0.1, -0.05) is 46.3 Å². The van der Waals surface area contributed by atoms with Crippen LogP contribution in [0.15, 0.2) is 46.9 Å². The second-order valence-corrected chi connectivity index (χ2v) is 5.75. The molecule has 0 fully saturated rings. The molecule has 0 aromatic heterocycles. The number of halogens is 1. The van der Waals surface area contributed by atoms with Gasteiger partial charge in [0.15, 0.2) is 0 Å². The average molecular weight is 299 g/mol. The Morgan fingerprint density at radius 2 is 1.72 bits per heavy atom. The van der Waals surface area contributed by atoms with E-state index in [0.717, 1.165) is 6.42 Å². The van der Waals surface area contributed by atoms with Crippen LogP contribution in [0.4, 0.5) is 0 Å². The third-order valence-electron chi connectivity index (χ3n) is 3.68. The number of aryl methyl sites for hydroxylation is 1. The lowest BCUT2D eigenvalue weighted by Gasteiger charge is -2.11. The van der Waals surface area contributed by atoms with E-state index in [1.165, 1.54) is 37.9 Å². The molecule has 2 aromatic rings. The van der Waals surface area contributed by atoms with Gasteiger partial charge in [0.1, 0.15) is 0 Å². The van der Waals surface area contributed by atoms with Crippen LogP contribution in [-0.4, -0.2) is 0 Å². The van der Waals surface area contributed by atoms with Gasteiger partial charge < -0.3 is 0 Å². The van der Waals surface area contributed by atoms with E-state index in [-0.39, 0.29) is 0 Å². The first-order valence-electron chi connectivity index (χ1n) is 6.22. The molecular weight excluding hydrogens is 284 g/mol. The fourth-order valence-corrected chi connectivity index (χ4v) is 3.17. The molecule has 1 heteroatoms. The number of allylic oxidation sites excluding steroid dienone is 2. The van der Waals surface area contributed by atoms with E-state index in [2.05, 4.69) is 72.3 Å². The van der Waals surface area contributed by atoms with Crippen molar-refractivity contribution in [3.05, 3.63) is 63.6 Å². The summed E-state index contributed by atoms with van der Waals surface area (Å²) in [5.74, 6) is 0. The molecule has 0 amide bonds. The van der Waals surface area contributed by atoms with Gasteiger partial charge in [0, 0.05) is 4.47 Å². The fourth-order valence-electron chi connectivity index (χ4n) is 2.61. The van der Waals surface area contributed by atoms with Gasteiger partial charge in [0.25, 0.3) is 0 Å². The van der Waals surface area contributed by atoms with Crippen molar-refractivity contribution in [2.45, 2.75) is 20.3 Å². The van der Waals surface area contributed by atoms with Crippen LogP contribution < -0.4 is 0 Å². The molecule has 1 aliphatic carbocycles. The van der Waals surface area contributed by atoms with Gasteiger partial charge in [0.05, 0.1) is 0 Å². The zero-order valence-corrected chi connectivity index (χ0v) is 12.2. The van der Waals surface area contributed by atoms with Crippen LogP contribution in [0.25, 0.3) is 16.7 Å². The molecule has 0 saturated heterocycles. The molecular formula is C17H15Br. The van der Waals surface area contributed by atoms with Crippen molar-refractivity contribution in [2.24, 2.45) is 0 Å². The highest BCUT2D eigenvalue weighted by Crippen LogP contribution is 2.37. The van der Waals surface area contributed by atoms with E-state index < -0.39 is 0 Å². The number of hydrogen-bond donors (Lipinski definition) is 0. The lowest BCUT2D eigenvalue weighted by Crippen LogP contribution is -1.90. The lowest BCUT2D eigenvalue weighted by molar-refractivity contribution is 1.30. The van der Waals surface area contributed by atoms with Gasteiger partial charge in [0.2, 0.25) is 0 Å². The van der Waals surface area contributed by atoms with Gasteiger partial charge in [-0.2, -0.15) is 0 Å². The number of fused-ring (bicyclic) bond motifs is 1. The molecule has 0 unspecified atom stereocenters. The molecule has 0 bridgehead atoms. The quantitative estimate of drug-likeness (QED) is 0.663. The summed E-state index contributed by atoms with van der Waals surface area (Å²) in [5, 5.41) is 0. The molecule has 90 valence electrons. The Labute approximate surface area is 116 Å². The highest BCUT2D eigenvalue weighted by Gasteiger charge is 2.15. The van der Waals surface area contributed by atoms with Crippen molar-refractivity contribution in [2.75, 3.05) is 0 Å². The van der Waals surface area contributed by atoms with E-state index in [1.807, 2.05) is 0 Å². The summed E-state index contributed by atoms with van der Waals surface area (Å²) in [6.45, 7) is 4.35. The first kappa shape index (κ1) is 11.7. The summed E-state index contributed by atoms with van der Waals surface area (Å²) in [6, 6.07) is 13.1. The summed E-state index contributed by atoms with van der Waals surface area (Å²) in [6.07, 6.45) is 3.37. The van der Waals surface area contributed by atoms with Crippen LogP contribution in [-0.2, 0) is 6.42 Å². The number of rotatable bonds is 1. The molecule has 0 N–H and O–H groups in total. The molecule has 0 aliphatic heterocycles. The van der Waals surface area contributed by atoms with Crippen LogP contribution in [0, 0.1) is 6.92 Å². The minimum absolute atomic E-state index is 1.06. The van der Waals surface area contributed by atoms with Crippen LogP contribution in [0.1, 0.15) is 23.6 Å². The molecule has 3 rings (SSSR count). The maximum atomic E-state index is 3.72. The van der Waals surface area contributed by atoms with E-state index >= 15 is 0 Å². The molecule has 1 aliphatic rings. The Bertz CT molecular complexity index is 651. The minimum Gasteiger partial charge on any atom is -0.0766 e. The molecule has 0 saturated carbocycles. The summed E-state index contributed by atoms with van der Waals surface area (Å²) in [5.41, 5.74) is 8.16. The zero-order chi connectivity index (χ0) is 12.7. The Hall–Kier alpha value is -1.34. The second kappa shape index (κ2) is 4.40. The van der Waals surface area contributed by atoms with Crippen LogP contribution in [0.5, 0.6) is 0 Å². The Balaban J connectivity index is 2.19. The van der Waals surface area contributed by atoms with Crippen LogP contribution >= 0.6 is 15.9 Å². The van der Waals surface area contributed by atoms with Crippen LogP contribution in [0.3, 0.4) is 0 Å². The first-order chi connectivity index (χ1) is 8.66. The molecule has 2 aromatic carbocycles. The molecule has 0 radical (unpaired) electrons. The normalized spacial score (nSPS) is 13.4. The first-order valence-corrected chi connectivity index (χ1v) is 7.01. The predicted octanol–water partition coefficient (Wildman–Crippen LogP) is 5.38. The standard InChI is InChI=1S/C17H15Br/c1-11-5-3-4-6-14(11)16-9-13-8-7-12(2)15(13)10-17(16)18/h3-7,9-10H,8H2,1-2H3. The van der Waals surface area contributed by atoms with Crippen molar-refractivity contribution >= 4 is 21.5 Å². The summed E-state index contributed by atoms with van der Waals surface area (Å²) in [7, 11) is 0. The average Bonchev–Trinajstić information content (AvgIpc) is 2.71. The molecule has 0 nitrogen and oxygen atoms in total. The topological polar surface area (TPSA) is 0 Å². The van der Waals surface area contributed by atoms with Gasteiger partial charge >= 0.3 is 0 Å². The SMILES string of the molecule is CC1=CCc2cc(-c3ccccc3C)c(Br)cc21. The molecule has 0 heterocycles. The molecule has 0 atom stereocenters. The Kier molecular flexibility index (Phi) is 2.87. The Morgan fingerprint density at radius 3 is 2.50 bits per heavy atom. The van der Waals surface area contributed by atoms with Crippen LogP contribution in [0.2, 0.25) is 0 Å². The highest BCUT2D eigenvalue weighted by molar-refractivity contribution is 9.10. The van der Waals surface area contributed by atoms with Crippen molar-refractivity contribution in [1.29, 1.82) is 0 Å². The third-order valence-corrected chi connectivity index (χ3v) is 4.34. The van der Waals surface area contributed by atoms with Crippen molar-refractivity contribution in [1.82, 2.24) is 0 Å². The number of benzene rings is 2. The maximum absolute atomic E-state index is 3.72. The van der Waals surface area contributed by atoms with Gasteiger partial charge in [-0.25, -0.2) is 0 Å². The van der Waals surface area contributed by atoms with Crippen molar-refractivity contribution in [3.63, 3.8) is 0 Å². The molecule has 18 heavy (non-hydrogen) atoms. The maximum Gasteiger partial charge on any atom is 0.0260 e. The lowest BCUT2D eigenvalue weighted by atomic mass is 9.96. The summed E-state index contributed by atoms with van der Waals surface area (Å²) >= 11 is 3.72. The Morgan fingerprint density at radius 1 is 0.944 bits per heavy atom. The fraction of sp³-hybridized carbons (Fsp3) is 0.176. The second-order valence-electron chi connectivity index (χ2n) is 4.90. The minimum atomic E-state index is 1.06. The van der Waals surface area contributed by atoms with E-state index in [4.69, 9.17) is 0 Å². The third kappa shape index (κ3) is 1.83. The molecule has 0 spiro atoms. The van der Waals surface area contributed by atoms with Crippen molar-refractivity contribution < 1.29 is 0 Å². The predicted molar refractivity (Wildman–Crippen MR) is 81.7 cm³/mol. The van der Waals surface area contributed by atoms with Crippen molar-refractivity contribution in [3.8, 4) is 11.1 Å². The number of hydrogen-bond acceptors (Lipinski definition) is 0. The van der Waals surface area contributed by atoms with E-state index in [1.54, 1.807) is 0 Å². The van der Waals surface area contributed by atoms with Gasteiger partial charge in [-0.05, 0) is 65.8 Å². The van der Waals surface area contributed by atoms with E-state index in [9.17, 15) is 0 Å². The summed E-state index contributed by atoms with van der Waals surface area (Å²) in [4.78, 5) is 0. The summed E-state index contributed by atoms with van der Waals surface area (Å²) < 4.78 is 1.19. The van der Waals surface area contributed by atoms with Gasteiger partial charge in [-0.15, -0.1) is 0 Å². The zero-order valence-electron chi connectivity index (χ0n) is 10.6. The highest BCUT2D eigenvalue weighted by atomic mass is 79.9. The smallest absolute Gasteiger partial charge is 0.0260 e. The largest absolute Gasteiger partial charge is 0.0766 e.